The molecular formula is C14H30N2. The Kier molecular flexibility index (Phi) is 5.26. The Balaban J connectivity index is 2.35. The van der Waals surface area contributed by atoms with E-state index in [2.05, 4.69) is 32.7 Å². The van der Waals surface area contributed by atoms with E-state index in [1.807, 2.05) is 0 Å². The summed E-state index contributed by atoms with van der Waals surface area (Å²) >= 11 is 0. The van der Waals surface area contributed by atoms with Crippen LogP contribution in [0.5, 0.6) is 0 Å². The van der Waals surface area contributed by atoms with Gasteiger partial charge in [0.25, 0.3) is 0 Å². The highest BCUT2D eigenvalue weighted by Gasteiger charge is 2.29. The molecule has 1 saturated carbocycles. The van der Waals surface area contributed by atoms with Gasteiger partial charge in [0.15, 0.2) is 0 Å². The van der Waals surface area contributed by atoms with Gasteiger partial charge >= 0.3 is 0 Å². The first kappa shape index (κ1) is 14.0. The molecule has 1 fully saturated rings. The quantitative estimate of drug-likeness (QED) is 0.781. The lowest BCUT2D eigenvalue weighted by Gasteiger charge is -2.39. The zero-order valence-electron chi connectivity index (χ0n) is 11.6. The van der Waals surface area contributed by atoms with E-state index in [9.17, 15) is 0 Å². The lowest BCUT2D eigenvalue weighted by atomic mass is 9.75. The van der Waals surface area contributed by atoms with Crippen molar-refractivity contribution < 1.29 is 0 Å². The second kappa shape index (κ2) is 6.02. The Bertz CT molecular complexity index is 187. The van der Waals surface area contributed by atoms with E-state index in [1.54, 1.807) is 0 Å². The van der Waals surface area contributed by atoms with Crippen LogP contribution in [0.2, 0.25) is 0 Å². The second-order valence-corrected chi connectivity index (χ2v) is 6.34. The van der Waals surface area contributed by atoms with Crippen LogP contribution in [-0.2, 0) is 0 Å². The summed E-state index contributed by atoms with van der Waals surface area (Å²) in [5.74, 6) is 0.680. The fraction of sp³-hybridized carbons (Fsp3) is 1.00. The van der Waals surface area contributed by atoms with Gasteiger partial charge in [-0.05, 0) is 50.6 Å². The summed E-state index contributed by atoms with van der Waals surface area (Å²) in [4.78, 5) is 2.55. The molecule has 1 aliphatic carbocycles. The maximum Gasteiger partial charge on any atom is 0.00927 e. The van der Waals surface area contributed by atoms with Crippen molar-refractivity contribution in [3.05, 3.63) is 0 Å². The van der Waals surface area contributed by atoms with Crippen LogP contribution in [0.15, 0.2) is 0 Å². The highest BCUT2D eigenvalue weighted by molar-refractivity contribution is 4.83. The predicted octanol–water partition coefficient (Wildman–Crippen LogP) is 2.87. The van der Waals surface area contributed by atoms with Crippen LogP contribution in [0.25, 0.3) is 0 Å². The van der Waals surface area contributed by atoms with Crippen molar-refractivity contribution in [3.63, 3.8) is 0 Å². The molecule has 16 heavy (non-hydrogen) atoms. The van der Waals surface area contributed by atoms with Gasteiger partial charge in [0.1, 0.15) is 0 Å². The molecule has 1 rings (SSSR count). The molecule has 0 heterocycles. The number of nitrogens with two attached hydrogens (primary N) is 1. The van der Waals surface area contributed by atoms with Gasteiger partial charge in [-0.15, -0.1) is 0 Å². The molecular weight excluding hydrogens is 196 g/mol. The van der Waals surface area contributed by atoms with Crippen molar-refractivity contribution in [1.29, 1.82) is 0 Å². The minimum Gasteiger partial charge on any atom is -0.330 e. The van der Waals surface area contributed by atoms with Gasteiger partial charge in [-0.25, -0.2) is 0 Å². The highest BCUT2D eigenvalue weighted by Crippen LogP contribution is 2.36. The largest absolute Gasteiger partial charge is 0.330 e. The monoisotopic (exact) mass is 226 g/mol. The number of hydrogen-bond acceptors (Lipinski definition) is 2. The minimum atomic E-state index is 0.579. The van der Waals surface area contributed by atoms with Gasteiger partial charge < -0.3 is 10.6 Å². The molecule has 2 nitrogen and oxygen atoms in total. The van der Waals surface area contributed by atoms with E-state index >= 15 is 0 Å². The topological polar surface area (TPSA) is 29.3 Å². The summed E-state index contributed by atoms with van der Waals surface area (Å²) in [6.07, 6.45) is 6.69. The lowest BCUT2D eigenvalue weighted by molar-refractivity contribution is 0.115. The molecule has 0 radical (unpaired) electrons. The molecule has 1 atom stereocenters. The summed E-state index contributed by atoms with van der Waals surface area (Å²) < 4.78 is 0. The molecule has 0 aromatic heterocycles. The molecule has 0 aliphatic heterocycles. The molecule has 0 spiro atoms. The van der Waals surface area contributed by atoms with Crippen molar-refractivity contribution in [3.8, 4) is 0 Å². The summed E-state index contributed by atoms with van der Waals surface area (Å²) in [5, 5.41) is 0. The average molecular weight is 226 g/mol. The Hall–Kier alpha value is -0.0800. The first-order valence-corrected chi connectivity index (χ1v) is 6.89. The van der Waals surface area contributed by atoms with Crippen molar-refractivity contribution in [2.24, 2.45) is 17.1 Å². The van der Waals surface area contributed by atoms with Crippen molar-refractivity contribution in [2.45, 2.75) is 58.9 Å². The van der Waals surface area contributed by atoms with Gasteiger partial charge in [-0.3, -0.25) is 0 Å². The molecule has 1 unspecified atom stereocenters. The second-order valence-electron chi connectivity index (χ2n) is 6.34. The van der Waals surface area contributed by atoms with Gasteiger partial charge in [0.05, 0.1) is 0 Å². The maximum absolute atomic E-state index is 5.78. The van der Waals surface area contributed by atoms with E-state index < -0.39 is 0 Å². The molecule has 2 N–H and O–H groups in total. The molecule has 0 amide bonds. The first-order chi connectivity index (χ1) is 7.48. The fourth-order valence-corrected chi connectivity index (χ4v) is 2.75. The van der Waals surface area contributed by atoms with E-state index in [1.165, 1.54) is 38.6 Å². The van der Waals surface area contributed by atoms with Crippen LogP contribution in [-0.4, -0.2) is 31.1 Å². The Morgan fingerprint density at radius 3 is 2.31 bits per heavy atom. The highest BCUT2D eigenvalue weighted by atomic mass is 15.1. The molecule has 0 saturated heterocycles. The SMILES string of the molecule is CCC(CN)CN(C)C1CCC(C)(C)CC1. The Morgan fingerprint density at radius 1 is 1.31 bits per heavy atom. The molecule has 1 aliphatic rings. The van der Waals surface area contributed by atoms with E-state index in [4.69, 9.17) is 5.73 Å². The molecule has 2 heteroatoms. The molecule has 0 aromatic rings. The van der Waals surface area contributed by atoms with Gasteiger partial charge in [0.2, 0.25) is 0 Å². The van der Waals surface area contributed by atoms with Crippen molar-refractivity contribution in [1.82, 2.24) is 4.90 Å². The molecule has 0 aromatic carbocycles. The smallest absolute Gasteiger partial charge is 0.00927 e. The zero-order chi connectivity index (χ0) is 12.2. The third-order valence-electron chi connectivity index (χ3n) is 4.39. The van der Waals surface area contributed by atoms with Gasteiger partial charge in [0, 0.05) is 12.6 Å². The third-order valence-corrected chi connectivity index (χ3v) is 4.39. The van der Waals surface area contributed by atoms with Crippen molar-refractivity contribution >= 4 is 0 Å². The first-order valence-electron chi connectivity index (χ1n) is 6.89. The molecule has 0 bridgehead atoms. The summed E-state index contributed by atoms with van der Waals surface area (Å²) in [5.41, 5.74) is 6.36. The fourth-order valence-electron chi connectivity index (χ4n) is 2.75. The number of hydrogen-bond donors (Lipinski definition) is 1. The van der Waals surface area contributed by atoms with Gasteiger partial charge in [-0.2, -0.15) is 0 Å². The van der Waals surface area contributed by atoms with Crippen LogP contribution >= 0.6 is 0 Å². The van der Waals surface area contributed by atoms with Crippen molar-refractivity contribution in [2.75, 3.05) is 20.1 Å². The van der Waals surface area contributed by atoms with Crippen LogP contribution < -0.4 is 5.73 Å². The standard InChI is InChI=1S/C14H30N2/c1-5-12(10-15)11-16(4)13-6-8-14(2,3)9-7-13/h12-13H,5-11,15H2,1-4H3. The summed E-state index contributed by atoms with van der Waals surface area (Å²) in [7, 11) is 2.28. The predicted molar refractivity (Wildman–Crippen MR) is 71.5 cm³/mol. The Morgan fingerprint density at radius 2 is 1.88 bits per heavy atom. The number of nitrogens with zero attached hydrogens (tertiary/aromatic N) is 1. The number of rotatable bonds is 5. The average Bonchev–Trinajstić information content (AvgIpc) is 2.25. The van der Waals surface area contributed by atoms with E-state index in [0.717, 1.165) is 12.6 Å². The van der Waals surface area contributed by atoms with E-state index in [-0.39, 0.29) is 0 Å². The van der Waals surface area contributed by atoms with Gasteiger partial charge in [-0.1, -0.05) is 27.2 Å². The summed E-state index contributed by atoms with van der Waals surface area (Å²) in [6, 6.07) is 0.800. The zero-order valence-corrected chi connectivity index (χ0v) is 11.6. The Labute approximate surface area is 102 Å². The summed E-state index contributed by atoms with van der Waals surface area (Å²) in [6.45, 7) is 9.06. The van der Waals surface area contributed by atoms with Crippen LogP contribution in [0, 0.1) is 11.3 Å². The minimum absolute atomic E-state index is 0.579. The van der Waals surface area contributed by atoms with Crippen LogP contribution in [0.4, 0.5) is 0 Å². The van der Waals surface area contributed by atoms with Crippen LogP contribution in [0.1, 0.15) is 52.9 Å². The molecule has 96 valence electrons. The lowest BCUT2D eigenvalue weighted by Crippen LogP contribution is -2.40. The third kappa shape index (κ3) is 4.06. The normalized spacial score (nSPS) is 23.6. The maximum atomic E-state index is 5.78. The van der Waals surface area contributed by atoms with E-state index in [0.29, 0.717) is 11.3 Å². The van der Waals surface area contributed by atoms with Crippen LogP contribution in [0.3, 0.4) is 0 Å².